The second-order valence-corrected chi connectivity index (χ2v) is 5.64. The van der Waals surface area contributed by atoms with Gasteiger partial charge in [0.05, 0.1) is 19.0 Å². The molecule has 0 aliphatic carbocycles. The predicted octanol–water partition coefficient (Wildman–Crippen LogP) is 3.39. The highest BCUT2D eigenvalue weighted by Gasteiger charge is 2.06. The molecule has 1 aromatic carbocycles. The summed E-state index contributed by atoms with van der Waals surface area (Å²) in [5, 5.41) is 10.8. The van der Waals surface area contributed by atoms with Crippen LogP contribution >= 0.6 is 0 Å². The summed E-state index contributed by atoms with van der Waals surface area (Å²) in [6.07, 6.45) is 3.51. The molecule has 0 fully saturated rings. The van der Waals surface area contributed by atoms with Crippen molar-refractivity contribution < 1.29 is 9.53 Å². The molecule has 0 bridgehead atoms. The first-order valence-electron chi connectivity index (χ1n) is 8.36. The minimum Gasteiger partial charge on any atom is -0.481 e. The summed E-state index contributed by atoms with van der Waals surface area (Å²) in [5.74, 6) is 1.10. The van der Waals surface area contributed by atoms with E-state index in [0.29, 0.717) is 24.8 Å². The van der Waals surface area contributed by atoms with E-state index in [-0.39, 0.29) is 6.03 Å². The first kappa shape index (κ1) is 17.5. The molecule has 0 saturated heterocycles. The van der Waals surface area contributed by atoms with Crippen LogP contribution in [-0.2, 0) is 6.54 Å². The smallest absolute Gasteiger partial charge is 0.320 e. The Kier molecular flexibility index (Phi) is 5.48. The highest BCUT2D eigenvalue weighted by atomic mass is 16.5. The van der Waals surface area contributed by atoms with Crippen molar-refractivity contribution in [3.8, 4) is 5.88 Å². The van der Waals surface area contributed by atoms with Crippen molar-refractivity contribution in [3.05, 3.63) is 54.4 Å². The van der Waals surface area contributed by atoms with Crippen molar-refractivity contribution in [1.82, 2.24) is 15.3 Å². The largest absolute Gasteiger partial charge is 0.481 e. The lowest BCUT2D eigenvalue weighted by molar-refractivity contribution is 0.252. The summed E-state index contributed by atoms with van der Waals surface area (Å²) in [6.45, 7) is 3.07. The van der Waals surface area contributed by atoms with Gasteiger partial charge in [0.15, 0.2) is 0 Å². The van der Waals surface area contributed by atoms with Crippen molar-refractivity contribution in [2.45, 2.75) is 13.5 Å². The van der Waals surface area contributed by atoms with Crippen molar-refractivity contribution in [3.63, 3.8) is 0 Å². The topological polar surface area (TPSA) is 88.2 Å². The standard InChI is InChI=1S/C19H21N5O2/c1-3-20-19(25)24-17-9-13-5-4-6-14(16(13)12-22-17)10-21-15-7-8-18(26-2)23-11-15/h4-9,11-12,21H,3,10H2,1-2H3,(H2,20,22,24,25). The molecule has 0 aliphatic heterocycles. The molecule has 0 radical (unpaired) electrons. The van der Waals surface area contributed by atoms with Gasteiger partial charge in [0.25, 0.3) is 0 Å². The number of rotatable bonds is 6. The lowest BCUT2D eigenvalue weighted by Crippen LogP contribution is -2.28. The number of urea groups is 1. The van der Waals surface area contributed by atoms with Gasteiger partial charge in [-0.1, -0.05) is 18.2 Å². The number of methoxy groups -OCH3 is 1. The van der Waals surface area contributed by atoms with E-state index in [1.165, 1.54) is 0 Å². The summed E-state index contributed by atoms with van der Waals surface area (Å²) in [4.78, 5) is 20.2. The fourth-order valence-corrected chi connectivity index (χ4v) is 2.58. The van der Waals surface area contributed by atoms with E-state index in [1.54, 1.807) is 19.5 Å². The highest BCUT2D eigenvalue weighted by molar-refractivity contribution is 5.92. The van der Waals surface area contributed by atoms with Crippen molar-refractivity contribution in [2.75, 3.05) is 24.3 Å². The Labute approximate surface area is 151 Å². The van der Waals surface area contributed by atoms with E-state index in [1.807, 2.05) is 43.3 Å². The third-order valence-electron chi connectivity index (χ3n) is 3.86. The van der Waals surface area contributed by atoms with Crippen LogP contribution in [0.25, 0.3) is 10.8 Å². The van der Waals surface area contributed by atoms with Gasteiger partial charge in [0, 0.05) is 30.7 Å². The maximum atomic E-state index is 11.6. The highest BCUT2D eigenvalue weighted by Crippen LogP contribution is 2.22. The van der Waals surface area contributed by atoms with Crippen LogP contribution in [-0.4, -0.2) is 29.7 Å². The molecule has 2 aromatic heterocycles. The second-order valence-electron chi connectivity index (χ2n) is 5.64. The Morgan fingerprint density at radius 1 is 1.15 bits per heavy atom. The van der Waals surface area contributed by atoms with Gasteiger partial charge in [-0.3, -0.25) is 5.32 Å². The van der Waals surface area contributed by atoms with Crippen LogP contribution in [0.1, 0.15) is 12.5 Å². The molecule has 0 spiro atoms. The third kappa shape index (κ3) is 4.18. The van der Waals surface area contributed by atoms with Crippen molar-refractivity contribution in [1.29, 1.82) is 0 Å². The maximum absolute atomic E-state index is 11.6. The third-order valence-corrected chi connectivity index (χ3v) is 3.86. The molecule has 2 heterocycles. The number of ether oxygens (including phenoxy) is 1. The molecule has 0 aliphatic rings. The number of fused-ring (bicyclic) bond motifs is 1. The van der Waals surface area contributed by atoms with Gasteiger partial charge in [-0.25, -0.2) is 14.8 Å². The molecule has 3 N–H and O–H groups in total. The number of hydrogen-bond donors (Lipinski definition) is 3. The van der Waals surface area contributed by atoms with Crippen molar-refractivity contribution in [2.24, 2.45) is 0 Å². The van der Waals surface area contributed by atoms with Crippen LogP contribution in [0, 0.1) is 0 Å². The number of amides is 2. The first-order valence-corrected chi connectivity index (χ1v) is 8.36. The number of nitrogens with zero attached hydrogens (tertiary/aromatic N) is 2. The van der Waals surface area contributed by atoms with Gasteiger partial charge in [0.2, 0.25) is 5.88 Å². The number of benzene rings is 1. The van der Waals surface area contributed by atoms with Crippen LogP contribution < -0.4 is 20.7 Å². The van der Waals surface area contributed by atoms with Crippen LogP contribution in [0.5, 0.6) is 5.88 Å². The number of aromatic nitrogens is 2. The summed E-state index contributed by atoms with van der Waals surface area (Å²) >= 11 is 0. The molecule has 7 heteroatoms. The predicted molar refractivity (Wildman–Crippen MR) is 103 cm³/mol. The van der Waals surface area contributed by atoms with E-state index < -0.39 is 0 Å². The van der Waals surface area contributed by atoms with Gasteiger partial charge in [0.1, 0.15) is 5.82 Å². The number of anilines is 2. The normalized spacial score (nSPS) is 10.4. The van der Waals surface area contributed by atoms with Crippen molar-refractivity contribution >= 4 is 28.3 Å². The molecule has 26 heavy (non-hydrogen) atoms. The van der Waals surface area contributed by atoms with Gasteiger partial charge >= 0.3 is 6.03 Å². The Morgan fingerprint density at radius 3 is 2.77 bits per heavy atom. The molecule has 0 saturated carbocycles. The molecule has 0 unspecified atom stereocenters. The quantitative estimate of drug-likeness (QED) is 0.633. The summed E-state index contributed by atoms with van der Waals surface area (Å²) in [5.41, 5.74) is 2.01. The Balaban J connectivity index is 1.75. The molecule has 0 atom stereocenters. The number of hydrogen-bond acceptors (Lipinski definition) is 5. The molecular formula is C19H21N5O2. The number of pyridine rings is 2. The van der Waals surface area contributed by atoms with E-state index in [9.17, 15) is 4.79 Å². The van der Waals surface area contributed by atoms with Crippen LogP contribution in [0.15, 0.2) is 48.8 Å². The Morgan fingerprint density at radius 2 is 2.04 bits per heavy atom. The summed E-state index contributed by atoms with van der Waals surface area (Å²) in [6, 6.07) is 11.4. The lowest BCUT2D eigenvalue weighted by Gasteiger charge is -2.11. The molecule has 7 nitrogen and oxygen atoms in total. The molecule has 2 amide bonds. The van der Waals surface area contributed by atoms with Crippen LogP contribution in [0.2, 0.25) is 0 Å². The van der Waals surface area contributed by atoms with Gasteiger partial charge in [-0.05, 0) is 30.0 Å². The zero-order chi connectivity index (χ0) is 18.4. The minimum absolute atomic E-state index is 0.260. The lowest BCUT2D eigenvalue weighted by atomic mass is 10.1. The summed E-state index contributed by atoms with van der Waals surface area (Å²) < 4.78 is 5.06. The van der Waals surface area contributed by atoms with E-state index in [2.05, 4.69) is 25.9 Å². The minimum atomic E-state index is -0.260. The molecular weight excluding hydrogens is 330 g/mol. The van der Waals surface area contributed by atoms with E-state index >= 15 is 0 Å². The van der Waals surface area contributed by atoms with Crippen LogP contribution in [0.4, 0.5) is 16.3 Å². The number of carbonyl (C=O) groups excluding carboxylic acids is 1. The zero-order valence-electron chi connectivity index (χ0n) is 14.7. The fraction of sp³-hybridized carbons (Fsp3) is 0.211. The zero-order valence-corrected chi connectivity index (χ0v) is 14.7. The van der Waals surface area contributed by atoms with Gasteiger partial charge in [-0.2, -0.15) is 0 Å². The average Bonchev–Trinajstić information content (AvgIpc) is 2.66. The van der Waals surface area contributed by atoms with Gasteiger partial charge < -0.3 is 15.4 Å². The fourth-order valence-electron chi connectivity index (χ4n) is 2.58. The van der Waals surface area contributed by atoms with E-state index in [4.69, 9.17) is 4.74 Å². The average molecular weight is 351 g/mol. The number of nitrogens with one attached hydrogen (secondary N) is 3. The van der Waals surface area contributed by atoms with E-state index in [0.717, 1.165) is 22.0 Å². The molecule has 3 rings (SSSR count). The van der Waals surface area contributed by atoms with Crippen LogP contribution in [0.3, 0.4) is 0 Å². The second kappa shape index (κ2) is 8.15. The molecule has 3 aromatic rings. The SMILES string of the molecule is CCNC(=O)Nc1cc2cccc(CNc3ccc(OC)nc3)c2cn1. The monoisotopic (exact) mass is 351 g/mol. The Bertz CT molecular complexity index is 896. The summed E-state index contributed by atoms with van der Waals surface area (Å²) in [7, 11) is 1.59. The number of carbonyl (C=O) groups is 1. The van der Waals surface area contributed by atoms with Gasteiger partial charge in [-0.15, -0.1) is 0 Å². The molecule has 134 valence electrons. The maximum Gasteiger partial charge on any atom is 0.320 e. The first-order chi connectivity index (χ1) is 12.7. The Hall–Kier alpha value is -3.35.